The summed E-state index contributed by atoms with van der Waals surface area (Å²) in [4.78, 5) is 2.54. The minimum absolute atomic E-state index is 0.129. The number of piperidine rings is 3. The van der Waals surface area contributed by atoms with Crippen molar-refractivity contribution in [1.82, 2.24) is 9.21 Å². The Bertz CT molecular complexity index is 819. The van der Waals surface area contributed by atoms with E-state index in [9.17, 15) is 8.42 Å². The van der Waals surface area contributed by atoms with Crippen molar-refractivity contribution < 1.29 is 17.9 Å². The quantitative estimate of drug-likeness (QED) is 0.770. The predicted octanol–water partition coefficient (Wildman–Crippen LogP) is 2.41. The molecule has 0 radical (unpaired) electrons. The van der Waals surface area contributed by atoms with E-state index in [0.717, 1.165) is 50.3 Å². The number of benzene rings is 1. The van der Waals surface area contributed by atoms with Gasteiger partial charge in [-0.15, -0.1) is 0 Å². The lowest BCUT2D eigenvalue weighted by atomic mass is 9.75. The molecular formula is C20H28N2O4S. The molecule has 1 aromatic rings. The summed E-state index contributed by atoms with van der Waals surface area (Å²) in [6, 6.07) is 6.55. The van der Waals surface area contributed by atoms with E-state index >= 15 is 0 Å². The van der Waals surface area contributed by atoms with Crippen molar-refractivity contribution >= 4 is 10.0 Å². The summed E-state index contributed by atoms with van der Waals surface area (Å²) in [6.45, 7) is 5.09. The molecule has 0 unspecified atom stereocenters. The Kier molecular flexibility index (Phi) is 4.37. The van der Waals surface area contributed by atoms with E-state index in [0.29, 0.717) is 12.5 Å². The Balaban J connectivity index is 1.51. The second-order valence-electron chi connectivity index (χ2n) is 8.31. The molecule has 0 saturated carbocycles. The van der Waals surface area contributed by atoms with E-state index in [1.807, 2.05) is 17.3 Å². The van der Waals surface area contributed by atoms with Crippen LogP contribution in [0.15, 0.2) is 18.2 Å². The number of nitrogens with zero attached hydrogens (tertiary/aromatic N) is 2. The van der Waals surface area contributed by atoms with Gasteiger partial charge in [0.05, 0.1) is 5.75 Å². The number of hydrogen-bond donors (Lipinski definition) is 0. The first-order valence-electron chi connectivity index (χ1n) is 10.2. The highest BCUT2D eigenvalue weighted by atomic mass is 32.2. The van der Waals surface area contributed by atoms with E-state index < -0.39 is 10.0 Å². The molecule has 0 amide bonds. The second kappa shape index (κ2) is 6.64. The summed E-state index contributed by atoms with van der Waals surface area (Å²) in [5, 5.41) is 0. The molecule has 0 aromatic heterocycles. The molecule has 0 aliphatic carbocycles. The number of sulfonamides is 1. The SMILES string of the molecule is CCCCS(=O)(=O)N1C[C@@H](c2ccc3c(c2)OCO3)[C@@H]2[C@H]1C1CCN2CC1. The lowest BCUT2D eigenvalue weighted by Crippen LogP contribution is -2.60. The Morgan fingerprint density at radius 3 is 2.67 bits per heavy atom. The van der Waals surface area contributed by atoms with Crippen LogP contribution < -0.4 is 9.47 Å². The number of fused-ring (bicyclic) bond motifs is 3. The Morgan fingerprint density at radius 2 is 1.89 bits per heavy atom. The van der Waals surface area contributed by atoms with Crippen LogP contribution in [-0.2, 0) is 10.0 Å². The average molecular weight is 393 g/mol. The molecule has 6 nitrogen and oxygen atoms in total. The van der Waals surface area contributed by atoms with E-state index in [-0.39, 0.29) is 30.5 Å². The molecule has 7 heteroatoms. The molecule has 0 N–H and O–H groups in total. The minimum Gasteiger partial charge on any atom is -0.454 e. The van der Waals surface area contributed by atoms with E-state index in [2.05, 4.69) is 17.0 Å². The van der Waals surface area contributed by atoms with E-state index in [1.54, 1.807) is 0 Å². The third kappa shape index (κ3) is 2.86. The van der Waals surface area contributed by atoms with E-state index in [1.165, 1.54) is 5.56 Å². The fourth-order valence-electron chi connectivity index (χ4n) is 5.56. The topological polar surface area (TPSA) is 59.1 Å². The number of hydrogen-bond acceptors (Lipinski definition) is 5. The van der Waals surface area contributed by atoms with Gasteiger partial charge < -0.3 is 9.47 Å². The molecule has 1 aromatic carbocycles. The maximum absolute atomic E-state index is 13.1. The molecule has 27 heavy (non-hydrogen) atoms. The summed E-state index contributed by atoms with van der Waals surface area (Å²) < 4.78 is 39.2. The van der Waals surface area contributed by atoms with Crippen LogP contribution in [0.1, 0.15) is 44.1 Å². The van der Waals surface area contributed by atoms with Crippen LogP contribution in [0.3, 0.4) is 0 Å². The Morgan fingerprint density at radius 1 is 1.11 bits per heavy atom. The Labute approximate surface area is 161 Å². The fourth-order valence-corrected chi connectivity index (χ4v) is 7.51. The van der Waals surface area contributed by atoms with Crippen LogP contribution in [0.5, 0.6) is 11.5 Å². The zero-order valence-corrected chi connectivity index (χ0v) is 16.7. The highest BCUT2D eigenvalue weighted by Crippen LogP contribution is 2.48. The van der Waals surface area contributed by atoms with Gasteiger partial charge in [-0.05, 0) is 56.0 Å². The molecule has 5 aliphatic heterocycles. The maximum atomic E-state index is 13.1. The molecule has 0 spiro atoms. The normalized spacial score (nSPS) is 34.8. The van der Waals surface area contributed by atoms with Gasteiger partial charge in [0.15, 0.2) is 11.5 Å². The summed E-state index contributed by atoms with van der Waals surface area (Å²) in [5.74, 6) is 2.53. The van der Waals surface area contributed by atoms with Crippen LogP contribution >= 0.6 is 0 Å². The zero-order valence-electron chi connectivity index (χ0n) is 15.8. The van der Waals surface area contributed by atoms with Gasteiger partial charge in [0.25, 0.3) is 0 Å². The summed E-state index contributed by atoms with van der Waals surface area (Å²) in [7, 11) is -3.22. The minimum atomic E-state index is -3.22. The number of unbranched alkanes of at least 4 members (excludes halogenated alkanes) is 1. The van der Waals surface area contributed by atoms with E-state index in [4.69, 9.17) is 9.47 Å². The molecule has 4 fully saturated rings. The second-order valence-corrected chi connectivity index (χ2v) is 10.4. The maximum Gasteiger partial charge on any atom is 0.231 e. The van der Waals surface area contributed by atoms with Crippen molar-refractivity contribution in [2.24, 2.45) is 5.92 Å². The largest absolute Gasteiger partial charge is 0.454 e. The van der Waals surface area contributed by atoms with Crippen LogP contribution in [0, 0.1) is 5.92 Å². The van der Waals surface area contributed by atoms with Crippen molar-refractivity contribution in [3.8, 4) is 11.5 Å². The first kappa shape index (κ1) is 17.8. The van der Waals surface area contributed by atoms with Gasteiger partial charge in [-0.25, -0.2) is 8.42 Å². The summed E-state index contributed by atoms with van der Waals surface area (Å²) in [5.41, 5.74) is 1.18. The zero-order chi connectivity index (χ0) is 18.6. The van der Waals surface area contributed by atoms with Crippen LogP contribution in [0.2, 0.25) is 0 Å². The third-order valence-electron chi connectivity index (χ3n) is 6.89. The smallest absolute Gasteiger partial charge is 0.231 e. The molecule has 5 aliphatic rings. The lowest BCUT2D eigenvalue weighted by Gasteiger charge is -2.51. The van der Waals surface area contributed by atoms with Crippen molar-refractivity contribution in [3.63, 3.8) is 0 Å². The van der Waals surface area contributed by atoms with Crippen LogP contribution in [0.4, 0.5) is 0 Å². The monoisotopic (exact) mass is 392 g/mol. The molecule has 2 bridgehead atoms. The average Bonchev–Trinajstić information content (AvgIpc) is 3.32. The van der Waals surface area contributed by atoms with Gasteiger partial charge in [0.1, 0.15) is 0 Å². The molecule has 4 saturated heterocycles. The first-order valence-corrected chi connectivity index (χ1v) is 11.8. The van der Waals surface area contributed by atoms with Crippen molar-refractivity contribution in [2.45, 2.75) is 50.6 Å². The molecule has 3 atom stereocenters. The molecule has 148 valence electrons. The number of ether oxygens (including phenoxy) is 2. The summed E-state index contributed by atoms with van der Waals surface area (Å²) >= 11 is 0. The first-order chi connectivity index (χ1) is 13.1. The predicted molar refractivity (Wildman–Crippen MR) is 103 cm³/mol. The number of rotatable bonds is 5. The Hall–Kier alpha value is -1.31. The van der Waals surface area contributed by atoms with Crippen molar-refractivity contribution in [1.29, 1.82) is 0 Å². The van der Waals surface area contributed by atoms with Gasteiger partial charge >= 0.3 is 0 Å². The lowest BCUT2D eigenvalue weighted by molar-refractivity contribution is 0.0123. The van der Waals surface area contributed by atoms with Gasteiger partial charge in [0.2, 0.25) is 16.8 Å². The van der Waals surface area contributed by atoms with Gasteiger partial charge in [-0.2, -0.15) is 4.31 Å². The third-order valence-corrected chi connectivity index (χ3v) is 8.80. The molecular weight excluding hydrogens is 364 g/mol. The fraction of sp³-hybridized carbons (Fsp3) is 0.700. The molecule has 6 rings (SSSR count). The van der Waals surface area contributed by atoms with Crippen molar-refractivity contribution in [2.75, 3.05) is 32.2 Å². The van der Waals surface area contributed by atoms with Gasteiger partial charge in [-0.3, -0.25) is 4.90 Å². The highest BCUT2D eigenvalue weighted by molar-refractivity contribution is 7.89. The van der Waals surface area contributed by atoms with Gasteiger partial charge in [0, 0.05) is 24.5 Å². The van der Waals surface area contributed by atoms with Crippen LogP contribution in [0.25, 0.3) is 0 Å². The van der Waals surface area contributed by atoms with Crippen LogP contribution in [-0.4, -0.2) is 61.9 Å². The van der Waals surface area contributed by atoms with Crippen molar-refractivity contribution in [3.05, 3.63) is 23.8 Å². The summed E-state index contributed by atoms with van der Waals surface area (Å²) in [6.07, 6.45) is 3.88. The van der Waals surface area contributed by atoms with Gasteiger partial charge in [-0.1, -0.05) is 19.4 Å². The standard InChI is InChI=1S/C20H28N2O4S/c1-2-3-10-27(23,24)22-12-16(15-4-5-17-18(11-15)26-13-25-17)20-19(22)14-6-8-21(20)9-7-14/h4-5,11,14,16,19-20H,2-3,6-10,12-13H2,1H3/t16-,19+,20+/m0/s1. The highest BCUT2D eigenvalue weighted by Gasteiger charge is 2.56. The molecule has 5 heterocycles.